The Morgan fingerprint density at radius 2 is 1.59 bits per heavy atom. The summed E-state index contributed by atoms with van der Waals surface area (Å²) in [7, 11) is 0. The molecule has 2 rings (SSSR count). The minimum atomic E-state index is -1.78. The van der Waals surface area contributed by atoms with E-state index in [-0.39, 0.29) is 12.5 Å². The fourth-order valence-corrected chi connectivity index (χ4v) is 4.44. The van der Waals surface area contributed by atoms with Crippen molar-refractivity contribution >= 4 is 17.5 Å². The van der Waals surface area contributed by atoms with E-state index in [4.69, 9.17) is 9.47 Å². The number of ether oxygens (including phenoxy) is 2. The molecule has 0 bridgehead atoms. The molecule has 0 amide bonds. The summed E-state index contributed by atoms with van der Waals surface area (Å²) in [5.74, 6) is -1.44. The maximum absolute atomic E-state index is 12.9. The van der Waals surface area contributed by atoms with Crippen LogP contribution in [0.15, 0.2) is 35.6 Å². The number of esters is 1. The number of rotatable bonds is 16. The Bertz CT molecular complexity index is 775. The molecule has 0 aromatic rings. The van der Waals surface area contributed by atoms with Gasteiger partial charge in [-0.15, -0.1) is 0 Å². The summed E-state index contributed by atoms with van der Waals surface area (Å²) in [6.07, 6.45) is 23.5. The summed E-state index contributed by atoms with van der Waals surface area (Å²) in [4.78, 5) is 37.8. The number of fused-ring (bicyclic) bond motifs is 1. The number of allylic oxidation sites excluding steroid dienone is 2. The van der Waals surface area contributed by atoms with Crippen molar-refractivity contribution in [3.05, 3.63) is 35.6 Å². The molecular weight excluding hydrogens is 428 g/mol. The number of hydrogen-bond acceptors (Lipinski definition) is 5. The Morgan fingerprint density at radius 1 is 1.00 bits per heavy atom. The highest BCUT2D eigenvalue weighted by molar-refractivity contribution is 6.26. The van der Waals surface area contributed by atoms with Gasteiger partial charge in [-0.05, 0) is 57.6 Å². The van der Waals surface area contributed by atoms with Crippen LogP contribution >= 0.6 is 0 Å². The van der Waals surface area contributed by atoms with Crippen LogP contribution in [0.5, 0.6) is 0 Å². The molecule has 0 saturated carbocycles. The van der Waals surface area contributed by atoms with Crippen LogP contribution in [-0.4, -0.2) is 29.2 Å². The van der Waals surface area contributed by atoms with Gasteiger partial charge >= 0.3 is 5.97 Å². The lowest BCUT2D eigenvalue weighted by Crippen LogP contribution is -2.51. The van der Waals surface area contributed by atoms with Crippen LogP contribution < -0.4 is 0 Å². The summed E-state index contributed by atoms with van der Waals surface area (Å²) in [6.45, 7) is 5.52. The average Bonchev–Trinajstić information content (AvgIpc) is 2.80. The molecular formula is C29H44O5. The predicted molar refractivity (Wildman–Crippen MR) is 135 cm³/mol. The highest BCUT2D eigenvalue weighted by Crippen LogP contribution is 2.34. The average molecular weight is 473 g/mol. The zero-order chi connectivity index (χ0) is 24.8. The molecule has 0 aromatic heterocycles. The third-order valence-electron chi connectivity index (χ3n) is 6.69. The van der Waals surface area contributed by atoms with E-state index in [0.29, 0.717) is 24.0 Å². The molecule has 34 heavy (non-hydrogen) atoms. The van der Waals surface area contributed by atoms with Gasteiger partial charge in [0, 0.05) is 12.8 Å². The number of unbranched alkanes of at least 4 members (excludes halogenated alkanes) is 11. The summed E-state index contributed by atoms with van der Waals surface area (Å²) in [6, 6.07) is 0. The molecule has 1 heterocycles. The van der Waals surface area contributed by atoms with Gasteiger partial charge in [-0.2, -0.15) is 0 Å². The van der Waals surface area contributed by atoms with Crippen LogP contribution in [0.3, 0.4) is 0 Å². The van der Waals surface area contributed by atoms with Crippen molar-refractivity contribution in [3.8, 4) is 0 Å². The van der Waals surface area contributed by atoms with Gasteiger partial charge in [0.05, 0.1) is 17.9 Å². The lowest BCUT2D eigenvalue weighted by molar-refractivity contribution is -0.169. The van der Waals surface area contributed by atoms with Crippen LogP contribution in [0.1, 0.15) is 117 Å². The van der Waals surface area contributed by atoms with Crippen LogP contribution in [0.4, 0.5) is 0 Å². The first-order valence-corrected chi connectivity index (χ1v) is 13.4. The third-order valence-corrected chi connectivity index (χ3v) is 6.69. The molecule has 0 saturated heterocycles. The van der Waals surface area contributed by atoms with Crippen molar-refractivity contribution < 1.29 is 23.9 Å². The zero-order valence-corrected chi connectivity index (χ0v) is 21.5. The minimum Gasteiger partial charge on any atom is -0.497 e. The fourth-order valence-electron chi connectivity index (χ4n) is 4.44. The van der Waals surface area contributed by atoms with E-state index < -0.39 is 23.1 Å². The van der Waals surface area contributed by atoms with Gasteiger partial charge in [-0.25, -0.2) is 0 Å². The second-order valence-corrected chi connectivity index (χ2v) is 9.89. The van der Waals surface area contributed by atoms with Crippen LogP contribution in [0, 0.1) is 0 Å². The molecule has 2 aliphatic rings. The smallest absolute Gasteiger partial charge is 0.307 e. The number of Topliss-reactive ketones (excluding diaryl/α,β-unsaturated/α-hetero) is 1. The second-order valence-electron chi connectivity index (χ2n) is 9.89. The van der Waals surface area contributed by atoms with E-state index in [2.05, 4.69) is 19.1 Å². The Balaban J connectivity index is 1.55. The SMILES string of the molecule is CCCCCCCC/C=C/CCCCCCCC(=O)OC1(C)C(=O)C=C2CC(C)OC=C2C1=O. The molecule has 2 atom stereocenters. The molecule has 1 aliphatic carbocycles. The van der Waals surface area contributed by atoms with Crippen molar-refractivity contribution in [3.63, 3.8) is 0 Å². The molecule has 1 aliphatic heterocycles. The van der Waals surface area contributed by atoms with E-state index in [1.165, 1.54) is 70.6 Å². The molecule has 2 unspecified atom stereocenters. The van der Waals surface area contributed by atoms with Gasteiger partial charge in [0.1, 0.15) is 0 Å². The van der Waals surface area contributed by atoms with E-state index in [0.717, 1.165) is 25.7 Å². The number of carbonyl (C=O) groups is 3. The molecule has 0 spiro atoms. The van der Waals surface area contributed by atoms with Gasteiger partial charge in [-0.1, -0.05) is 70.4 Å². The maximum Gasteiger partial charge on any atom is 0.307 e. The van der Waals surface area contributed by atoms with E-state index in [1.54, 1.807) is 0 Å². The topological polar surface area (TPSA) is 69.7 Å². The number of ketones is 2. The third kappa shape index (κ3) is 8.88. The molecule has 5 nitrogen and oxygen atoms in total. The summed E-state index contributed by atoms with van der Waals surface area (Å²) in [5, 5.41) is 0. The van der Waals surface area contributed by atoms with E-state index >= 15 is 0 Å². The Hall–Kier alpha value is -2.17. The fraction of sp³-hybridized carbons (Fsp3) is 0.690. The van der Waals surface area contributed by atoms with Crippen molar-refractivity contribution in [2.45, 2.75) is 129 Å². The quantitative estimate of drug-likeness (QED) is 0.104. The van der Waals surface area contributed by atoms with E-state index in [9.17, 15) is 14.4 Å². The number of carbonyl (C=O) groups excluding carboxylic acids is 3. The van der Waals surface area contributed by atoms with Crippen LogP contribution in [-0.2, 0) is 23.9 Å². The van der Waals surface area contributed by atoms with Crippen LogP contribution in [0.2, 0.25) is 0 Å². The first kappa shape index (κ1) is 28.1. The van der Waals surface area contributed by atoms with Gasteiger partial charge in [0.25, 0.3) is 0 Å². The summed E-state index contributed by atoms with van der Waals surface area (Å²) >= 11 is 0. The van der Waals surface area contributed by atoms with Gasteiger partial charge in [0.15, 0.2) is 0 Å². The van der Waals surface area contributed by atoms with E-state index in [1.807, 2.05) is 6.92 Å². The standard InChI is InChI=1S/C29H44O5/c1-4-5-6-7-8-9-10-11-12-13-14-15-16-17-18-19-27(31)34-29(3)26(30)21-24-20-23(2)33-22-25(24)28(29)32/h11-12,21-23H,4-10,13-20H2,1-3H3/b12-11+. The lowest BCUT2D eigenvalue weighted by atomic mass is 9.79. The molecule has 0 aromatic carbocycles. The first-order chi connectivity index (χ1) is 16.4. The predicted octanol–water partition coefficient (Wildman–Crippen LogP) is 7.10. The summed E-state index contributed by atoms with van der Waals surface area (Å²) in [5.41, 5.74) is -0.772. The molecule has 0 fully saturated rings. The molecule has 0 N–H and O–H groups in total. The zero-order valence-electron chi connectivity index (χ0n) is 21.5. The number of hydrogen-bond donors (Lipinski definition) is 0. The monoisotopic (exact) mass is 472 g/mol. The van der Waals surface area contributed by atoms with Gasteiger partial charge in [0.2, 0.25) is 17.2 Å². The van der Waals surface area contributed by atoms with Crippen molar-refractivity contribution in [1.29, 1.82) is 0 Å². The largest absolute Gasteiger partial charge is 0.497 e. The maximum atomic E-state index is 12.9. The normalized spacial score (nSPS) is 22.3. The van der Waals surface area contributed by atoms with Gasteiger partial charge < -0.3 is 9.47 Å². The Kier molecular flexibility index (Phi) is 12.3. The first-order valence-electron chi connectivity index (χ1n) is 13.4. The van der Waals surface area contributed by atoms with Crippen molar-refractivity contribution in [2.75, 3.05) is 0 Å². The van der Waals surface area contributed by atoms with Crippen molar-refractivity contribution in [2.24, 2.45) is 0 Å². The second kappa shape index (κ2) is 15.0. The lowest BCUT2D eigenvalue weighted by Gasteiger charge is -2.33. The minimum absolute atomic E-state index is 0.0800. The molecule has 0 radical (unpaired) electrons. The van der Waals surface area contributed by atoms with Crippen LogP contribution in [0.25, 0.3) is 0 Å². The highest BCUT2D eigenvalue weighted by atomic mass is 16.6. The Labute approximate surface area is 206 Å². The molecule has 5 heteroatoms. The highest BCUT2D eigenvalue weighted by Gasteiger charge is 2.49. The Morgan fingerprint density at radius 3 is 2.24 bits per heavy atom. The van der Waals surface area contributed by atoms with Crippen molar-refractivity contribution in [1.82, 2.24) is 0 Å². The summed E-state index contributed by atoms with van der Waals surface area (Å²) < 4.78 is 10.8. The molecule has 190 valence electrons. The van der Waals surface area contributed by atoms with Gasteiger partial charge in [-0.3, -0.25) is 14.4 Å².